The number of aromatic nitrogens is 3. The fourth-order valence-electron chi connectivity index (χ4n) is 1.08. The number of pyridine rings is 1. The van der Waals surface area contributed by atoms with Gasteiger partial charge in [0.2, 0.25) is 0 Å². The Hall–Kier alpha value is -1.01. The number of halogens is 2. The number of hydrogen-bond donors (Lipinski definition) is 1. The summed E-state index contributed by atoms with van der Waals surface area (Å²) in [4.78, 5) is 21.9. The van der Waals surface area contributed by atoms with Crippen LogP contribution < -0.4 is 5.56 Å². The SMILES string of the molecule is O=c1ccnc(-c2ncc(Br)cc2Br)[nH]1. The van der Waals surface area contributed by atoms with Gasteiger partial charge < -0.3 is 4.98 Å². The maximum absolute atomic E-state index is 11.1. The summed E-state index contributed by atoms with van der Waals surface area (Å²) >= 11 is 6.65. The second-order valence-electron chi connectivity index (χ2n) is 2.77. The van der Waals surface area contributed by atoms with Crippen LogP contribution in [0, 0.1) is 0 Å². The molecule has 0 aliphatic carbocycles. The van der Waals surface area contributed by atoms with E-state index in [-0.39, 0.29) is 5.56 Å². The second-order valence-corrected chi connectivity index (χ2v) is 4.54. The van der Waals surface area contributed by atoms with Gasteiger partial charge in [0.25, 0.3) is 5.56 Å². The molecule has 4 nitrogen and oxygen atoms in total. The fourth-order valence-corrected chi connectivity index (χ4v) is 2.25. The van der Waals surface area contributed by atoms with Crippen molar-refractivity contribution in [1.29, 1.82) is 0 Å². The van der Waals surface area contributed by atoms with Gasteiger partial charge in [0.15, 0.2) is 5.82 Å². The highest BCUT2D eigenvalue weighted by Crippen LogP contribution is 2.25. The van der Waals surface area contributed by atoms with Gasteiger partial charge in [0, 0.05) is 27.4 Å². The molecule has 0 atom stereocenters. The predicted octanol–water partition coefficient (Wildman–Crippen LogP) is 2.36. The topological polar surface area (TPSA) is 58.6 Å². The number of H-pyrrole nitrogens is 1. The molecule has 1 N–H and O–H groups in total. The van der Waals surface area contributed by atoms with Crippen molar-refractivity contribution >= 4 is 31.9 Å². The molecule has 0 aromatic carbocycles. The van der Waals surface area contributed by atoms with Crippen molar-refractivity contribution < 1.29 is 0 Å². The van der Waals surface area contributed by atoms with Crippen molar-refractivity contribution in [3.8, 4) is 11.5 Å². The normalized spacial score (nSPS) is 10.3. The molecule has 2 heterocycles. The van der Waals surface area contributed by atoms with E-state index in [0.717, 1.165) is 8.95 Å². The molecule has 0 spiro atoms. The van der Waals surface area contributed by atoms with Crippen molar-refractivity contribution in [3.63, 3.8) is 0 Å². The average Bonchev–Trinajstić information content (AvgIpc) is 2.17. The first-order valence-corrected chi connectivity index (χ1v) is 5.62. The first-order valence-electron chi connectivity index (χ1n) is 4.03. The molecular weight excluding hydrogens is 326 g/mol. The molecule has 0 unspecified atom stereocenters. The minimum atomic E-state index is -0.198. The van der Waals surface area contributed by atoms with Gasteiger partial charge in [-0.05, 0) is 37.9 Å². The highest BCUT2D eigenvalue weighted by Gasteiger charge is 2.07. The van der Waals surface area contributed by atoms with Crippen LogP contribution in [0.25, 0.3) is 11.5 Å². The lowest BCUT2D eigenvalue weighted by molar-refractivity contribution is 1.09. The highest BCUT2D eigenvalue weighted by atomic mass is 79.9. The largest absolute Gasteiger partial charge is 0.305 e. The average molecular weight is 331 g/mol. The molecule has 2 rings (SSSR count). The van der Waals surface area contributed by atoms with Crippen molar-refractivity contribution in [3.05, 3.63) is 43.8 Å². The molecule has 15 heavy (non-hydrogen) atoms. The molecule has 76 valence electrons. The van der Waals surface area contributed by atoms with E-state index in [4.69, 9.17) is 0 Å². The van der Waals surface area contributed by atoms with E-state index in [1.807, 2.05) is 6.07 Å². The fraction of sp³-hybridized carbons (Fsp3) is 0. The molecule has 2 aromatic heterocycles. The van der Waals surface area contributed by atoms with Crippen LogP contribution in [0.4, 0.5) is 0 Å². The summed E-state index contributed by atoms with van der Waals surface area (Å²) in [5, 5.41) is 0. The smallest absolute Gasteiger partial charge is 0.251 e. The van der Waals surface area contributed by atoms with Crippen molar-refractivity contribution in [2.45, 2.75) is 0 Å². The summed E-state index contributed by atoms with van der Waals surface area (Å²) in [6.45, 7) is 0. The van der Waals surface area contributed by atoms with Crippen LogP contribution in [0.5, 0.6) is 0 Å². The molecule has 0 aliphatic rings. The van der Waals surface area contributed by atoms with E-state index in [9.17, 15) is 4.79 Å². The van der Waals surface area contributed by atoms with Crippen LogP contribution in [0.15, 0.2) is 38.3 Å². The Labute approximate surface area is 102 Å². The lowest BCUT2D eigenvalue weighted by atomic mass is 10.3. The first kappa shape index (κ1) is 10.5. The Morgan fingerprint density at radius 2 is 2.07 bits per heavy atom. The number of aromatic amines is 1. The number of rotatable bonds is 1. The highest BCUT2D eigenvalue weighted by molar-refractivity contribution is 9.11. The van der Waals surface area contributed by atoms with Gasteiger partial charge in [-0.15, -0.1) is 0 Å². The van der Waals surface area contributed by atoms with Gasteiger partial charge in [0.1, 0.15) is 5.69 Å². The lowest BCUT2D eigenvalue weighted by Gasteiger charge is -2.02. The van der Waals surface area contributed by atoms with E-state index in [1.165, 1.54) is 12.3 Å². The van der Waals surface area contributed by atoms with Crippen LogP contribution in [0.2, 0.25) is 0 Å². The standard InChI is InChI=1S/C9H5Br2N3O/c10-5-3-6(11)8(13-4-5)9-12-2-1-7(15)14-9/h1-4H,(H,12,14,15). The Bertz CT molecular complexity index is 553. The van der Waals surface area contributed by atoms with Crippen LogP contribution in [-0.4, -0.2) is 15.0 Å². The molecule has 0 saturated carbocycles. The van der Waals surface area contributed by atoms with Gasteiger partial charge in [-0.2, -0.15) is 0 Å². The molecular formula is C9H5Br2N3O. The second kappa shape index (κ2) is 4.24. The van der Waals surface area contributed by atoms with Crippen molar-refractivity contribution in [2.24, 2.45) is 0 Å². The monoisotopic (exact) mass is 329 g/mol. The molecule has 0 bridgehead atoms. The zero-order valence-electron chi connectivity index (χ0n) is 7.37. The summed E-state index contributed by atoms with van der Waals surface area (Å²) in [7, 11) is 0. The van der Waals surface area contributed by atoms with E-state index < -0.39 is 0 Å². The third-order valence-electron chi connectivity index (χ3n) is 1.70. The maximum Gasteiger partial charge on any atom is 0.251 e. The predicted molar refractivity (Wildman–Crippen MR) is 63.5 cm³/mol. The summed E-state index contributed by atoms with van der Waals surface area (Å²) in [5.74, 6) is 0.446. The number of hydrogen-bond acceptors (Lipinski definition) is 3. The maximum atomic E-state index is 11.1. The zero-order valence-corrected chi connectivity index (χ0v) is 10.5. The van der Waals surface area contributed by atoms with Gasteiger partial charge >= 0.3 is 0 Å². The zero-order chi connectivity index (χ0) is 10.8. The summed E-state index contributed by atoms with van der Waals surface area (Å²) < 4.78 is 1.63. The third-order valence-corrected chi connectivity index (χ3v) is 2.74. The van der Waals surface area contributed by atoms with Gasteiger partial charge in [-0.1, -0.05) is 0 Å². The molecule has 0 aliphatic heterocycles. The lowest BCUT2D eigenvalue weighted by Crippen LogP contribution is -2.06. The van der Waals surface area contributed by atoms with Crippen molar-refractivity contribution in [2.75, 3.05) is 0 Å². The molecule has 6 heteroatoms. The Balaban J connectivity index is 2.59. The molecule has 2 aromatic rings. The van der Waals surface area contributed by atoms with Crippen LogP contribution in [-0.2, 0) is 0 Å². The Morgan fingerprint density at radius 3 is 2.73 bits per heavy atom. The van der Waals surface area contributed by atoms with Crippen molar-refractivity contribution in [1.82, 2.24) is 15.0 Å². The Kier molecular flexibility index (Phi) is 2.97. The molecule has 0 radical (unpaired) electrons. The van der Waals surface area contributed by atoms with E-state index in [1.54, 1.807) is 6.20 Å². The summed E-state index contributed by atoms with van der Waals surface area (Å²) in [6, 6.07) is 3.20. The molecule has 0 saturated heterocycles. The quantitative estimate of drug-likeness (QED) is 0.873. The minimum absolute atomic E-state index is 0.198. The van der Waals surface area contributed by atoms with E-state index in [0.29, 0.717) is 11.5 Å². The van der Waals surface area contributed by atoms with E-state index >= 15 is 0 Å². The number of nitrogens with one attached hydrogen (secondary N) is 1. The Morgan fingerprint density at radius 1 is 1.27 bits per heavy atom. The molecule has 0 amide bonds. The van der Waals surface area contributed by atoms with Crippen LogP contribution in [0.3, 0.4) is 0 Å². The third kappa shape index (κ3) is 2.32. The summed E-state index contributed by atoms with van der Waals surface area (Å²) in [5.41, 5.74) is 0.410. The number of nitrogens with zero attached hydrogens (tertiary/aromatic N) is 2. The molecule has 0 fully saturated rings. The van der Waals surface area contributed by atoms with Crippen LogP contribution >= 0.6 is 31.9 Å². The minimum Gasteiger partial charge on any atom is -0.305 e. The van der Waals surface area contributed by atoms with Gasteiger partial charge in [-0.25, -0.2) is 4.98 Å². The van der Waals surface area contributed by atoms with Gasteiger partial charge in [-0.3, -0.25) is 9.78 Å². The first-order chi connectivity index (χ1) is 7.16. The van der Waals surface area contributed by atoms with Gasteiger partial charge in [0.05, 0.1) is 0 Å². The van der Waals surface area contributed by atoms with E-state index in [2.05, 4.69) is 46.8 Å². The summed E-state index contributed by atoms with van der Waals surface area (Å²) in [6.07, 6.45) is 3.09. The van der Waals surface area contributed by atoms with Crippen LogP contribution in [0.1, 0.15) is 0 Å².